The molecule has 152 valence electrons. The molecular formula is C21H22N3O4S-. The van der Waals surface area contributed by atoms with Crippen molar-refractivity contribution in [2.24, 2.45) is 0 Å². The molecule has 0 radical (unpaired) electrons. The number of carbonyl (C=O) groups excluding carboxylic acids is 1. The van der Waals surface area contributed by atoms with Gasteiger partial charge in [-0.2, -0.15) is 0 Å². The van der Waals surface area contributed by atoms with Crippen LogP contribution in [-0.4, -0.2) is 19.8 Å². The van der Waals surface area contributed by atoms with Gasteiger partial charge in [-0.25, -0.2) is 0 Å². The first-order chi connectivity index (χ1) is 13.9. The van der Waals surface area contributed by atoms with E-state index in [1.807, 2.05) is 37.3 Å². The molecule has 0 bridgehead atoms. The van der Waals surface area contributed by atoms with Crippen LogP contribution in [0.5, 0.6) is 0 Å². The zero-order valence-corrected chi connectivity index (χ0v) is 17.2. The molecule has 7 nitrogen and oxygen atoms in total. The van der Waals surface area contributed by atoms with Crippen LogP contribution in [0.2, 0.25) is 0 Å². The Morgan fingerprint density at radius 3 is 2.41 bits per heavy atom. The third-order valence-electron chi connectivity index (χ3n) is 4.63. The van der Waals surface area contributed by atoms with Crippen molar-refractivity contribution < 1.29 is 18.1 Å². The summed E-state index contributed by atoms with van der Waals surface area (Å²) in [6, 6.07) is 16.0. The largest absolute Gasteiger partial charge is 0.755 e. The van der Waals surface area contributed by atoms with Crippen molar-refractivity contribution in [3.05, 3.63) is 77.2 Å². The van der Waals surface area contributed by atoms with Crippen molar-refractivity contribution in [3.8, 4) is 0 Å². The van der Waals surface area contributed by atoms with E-state index >= 15 is 0 Å². The van der Waals surface area contributed by atoms with Crippen molar-refractivity contribution in [2.75, 3.05) is 4.31 Å². The Kier molecular flexibility index (Phi) is 6.46. The van der Waals surface area contributed by atoms with Crippen LogP contribution in [0.3, 0.4) is 0 Å². The fourth-order valence-electron chi connectivity index (χ4n) is 3.23. The van der Waals surface area contributed by atoms with E-state index in [4.69, 9.17) is 4.52 Å². The number of amides is 1. The second kappa shape index (κ2) is 9.02. The molecule has 8 heteroatoms. The molecule has 2 atom stereocenters. The van der Waals surface area contributed by atoms with E-state index in [1.165, 1.54) is 0 Å². The highest BCUT2D eigenvalue weighted by Crippen LogP contribution is 2.34. The lowest BCUT2D eigenvalue weighted by molar-refractivity contribution is 0.0936. The smallest absolute Gasteiger partial charge is 0.253 e. The van der Waals surface area contributed by atoms with Crippen LogP contribution in [0.15, 0.2) is 59.1 Å². The molecule has 29 heavy (non-hydrogen) atoms. The van der Waals surface area contributed by atoms with E-state index in [-0.39, 0.29) is 23.2 Å². The first-order valence-corrected chi connectivity index (χ1v) is 10.2. The third-order valence-corrected chi connectivity index (χ3v) is 5.31. The van der Waals surface area contributed by atoms with Crippen LogP contribution in [0.4, 0.5) is 11.4 Å². The van der Waals surface area contributed by atoms with Gasteiger partial charge in [0.25, 0.3) is 5.91 Å². The summed E-state index contributed by atoms with van der Waals surface area (Å²) in [6.45, 7) is 5.25. The maximum absolute atomic E-state index is 13.1. The van der Waals surface area contributed by atoms with Crippen LogP contribution in [0.25, 0.3) is 0 Å². The van der Waals surface area contributed by atoms with E-state index in [9.17, 15) is 13.6 Å². The number of nitrogens with one attached hydrogen (secondary N) is 1. The van der Waals surface area contributed by atoms with E-state index in [2.05, 4.69) is 10.5 Å². The van der Waals surface area contributed by atoms with Gasteiger partial charge in [0.2, 0.25) is 0 Å². The summed E-state index contributed by atoms with van der Waals surface area (Å²) >= 11 is -2.68. The number of aromatic nitrogens is 1. The summed E-state index contributed by atoms with van der Waals surface area (Å²) in [6.07, 6.45) is 0.693. The Labute approximate surface area is 172 Å². The Hall–Kier alpha value is -2.97. The van der Waals surface area contributed by atoms with E-state index in [0.29, 0.717) is 23.6 Å². The standard InChI is InChI=1S/C21H23N3O4S/c1-4-18(16-10-6-5-7-11-16)22-21(25)17-12-8-9-13-19(17)24(29(26)27)20-14(2)23-28-15(20)3/h5-13,18H,4H2,1-3H3,(H,22,25)(H,26,27)/p-1. The van der Waals surface area contributed by atoms with Gasteiger partial charge in [0.15, 0.2) is 5.76 Å². The minimum Gasteiger partial charge on any atom is -0.755 e. The molecule has 0 aliphatic rings. The molecule has 0 saturated heterocycles. The molecular weight excluding hydrogens is 390 g/mol. The third kappa shape index (κ3) is 4.38. The second-order valence-electron chi connectivity index (χ2n) is 6.55. The summed E-state index contributed by atoms with van der Waals surface area (Å²) < 4.78 is 30.4. The SMILES string of the molecule is CCC(NC(=O)c1ccccc1N(c1c(C)noc1C)S(=O)[O-])c1ccccc1. The zero-order valence-electron chi connectivity index (χ0n) is 16.4. The van der Waals surface area contributed by atoms with E-state index < -0.39 is 11.3 Å². The van der Waals surface area contributed by atoms with Gasteiger partial charge in [-0.05, 0) is 38.0 Å². The van der Waals surface area contributed by atoms with Crippen molar-refractivity contribution in [2.45, 2.75) is 33.2 Å². The maximum atomic E-state index is 13.1. The fraction of sp³-hybridized carbons (Fsp3) is 0.238. The van der Waals surface area contributed by atoms with Gasteiger partial charge in [0.05, 0.1) is 28.6 Å². The van der Waals surface area contributed by atoms with Crippen molar-refractivity contribution in [1.82, 2.24) is 10.5 Å². The number of benzene rings is 2. The van der Waals surface area contributed by atoms with Crippen LogP contribution >= 0.6 is 0 Å². The van der Waals surface area contributed by atoms with Gasteiger partial charge in [-0.1, -0.05) is 54.5 Å². The molecule has 0 spiro atoms. The highest BCUT2D eigenvalue weighted by Gasteiger charge is 2.25. The van der Waals surface area contributed by atoms with Gasteiger partial charge in [0.1, 0.15) is 11.4 Å². The Bertz CT molecular complexity index is 1000. The fourth-order valence-corrected chi connectivity index (χ4v) is 3.96. The number of para-hydroxylation sites is 1. The number of hydrogen-bond acceptors (Lipinski definition) is 5. The molecule has 0 aliphatic carbocycles. The van der Waals surface area contributed by atoms with E-state index in [1.54, 1.807) is 38.1 Å². The van der Waals surface area contributed by atoms with Gasteiger partial charge in [-0.15, -0.1) is 0 Å². The molecule has 1 N–H and O–H groups in total. The molecule has 1 heterocycles. The minimum atomic E-state index is -2.68. The zero-order chi connectivity index (χ0) is 21.0. The van der Waals surface area contributed by atoms with Gasteiger partial charge in [-0.3, -0.25) is 13.3 Å². The number of rotatable bonds is 7. The first-order valence-electron chi connectivity index (χ1n) is 9.21. The highest BCUT2D eigenvalue weighted by atomic mass is 32.2. The van der Waals surface area contributed by atoms with Crippen molar-refractivity contribution >= 4 is 28.5 Å². The molecule has 3 aromatic rings. The quantitative estimate of drug-likeness (QED) is 0.589. The van der Waals surface area contributed by atoms with Gasteiger partial charge < -0.3 is 14.4 Å². The maximum Gasteiger partial charge on any atom is 0.253 e. The number of carbonyl (C=O) groups is 1. The number of nitrogens with zero attached hydrogens (tertiary/aromatic N) is 2. The summed E-state index contributed by atoms with van der Waals surface area (Å²) in [7, 11) is 0. The molecule has 0 saturated carbocycles. The molecule has 0 fully saturated rings. The summed E-state index contributed by atoms with van der Waals surface area (Å²) in [5, 5.41) is 6.83. The lowest BCUT2D eigenvalue weighted by Crippen LogP contribution is -2.30. The first kappa shape index (κ1) is 20.8. The average molecular weight is 412 g/mol. The number of hydrogen-bond donors (Lipinski definition) is 1. The number of aryl methyl sites for hydroxylation is 2. The molecule has 0 aliphatic heterocycles. The molecule has 1 amide bonds. The van der Waals surface area contributed by atoms with Crippen molar-refractivity contribution in [1.29, 1.82) is 0 Å². The van der Waals surface area contributed by atoms with Crippen LogP contribution in [-0.2, 0) is 11.3 Å². The topological polar surface area (TPSA) is 98.5 Å². The number of anilines is 2. The van der Waals surface area contributed by atoms with Crippen LogP contribution in [0.1, 0.15) is 46.8 Å². The van der Waals surface area contributed by atoms with Crippen molar-refractivity contribution in [3.63, 3.8) is 0 Å². The predicted molar refractivity (Wildman–Crippen MR) is 110 cm³/mol. The molecule has 2 unspecified atom stereocenters. The van der Waals surface area contributed by atoms with E-state index in [0.717, 1.165) is 9.87 Å². The highest BCUT2D eigenvalue weighted by molar-refractivity contribution is 7.81. The van der Waals surface area contributed by atoms with Crippen LogP contribution < -0.4 is 9.62 Å². The lowest BCUT2D eigenvalue weighted by atomic mass is 10.0. The Morgan fingerprint density at radius 2 is 1.83 bits per heavy atom. The lowest BCUT2D eigenvalue weighted by Gasteiger charge is -2.28. The molecule has 2 aromatic carbocycles. The monoisotopic (exact) mass is 412 g/mol. The van der Waals surface area contributed by atoms with Crippen LogP contribution in [0, 0.1) is 13.8 Å². The summed E-state index contributed by atoms with van der Waals surface area (Å²) in [5.41, 5.74) is 2.17. The van der Waals surface area contributed by atoms with Gasteiger partial charge >= 0.3 is 0 Å². The molecule has 1 aromatic heterocycles. The normalized spacial score (nSPS) is 13.0. The average Bonchev–Trinajstić information content (AvgIpc) is 3.05. The summed E-state index contributed by atoms with van der Waals surface area (Å²) in [4.78, 5) is 13.1. The van der Waals surface area contributed by atoms with Gasteiger partial charge in [0, 0.05) is 0 Å². The molecule has 3 rings (SSSR count). The predicted octanol–water partition coefficient (Wildman–Crippen LogP) is 4.10. The minimum absolute atomic E-state index is 0.193. The summed E-state index contributed by atoms with van der Waals surface area (Å²) in [5.74, 6) is -0.0175. The second-order valence-corrected chi connectivity index (χ2v) is 7.35. The Morgan fingerprint density at radius 1 is 1.17 bits per heavy atom. The Balaban J connectivity index is 1.99.